The predicted octanol–water partition coefficient (Wildman–Crippen LogP) is 1.76. The second-order valence-corrected chi connectivity index (χ2v) is 6.59. The summed E-state index contributed by atoms with van der Waals surface area (Å²) < 4.78 is 15.5. The molecule has 0 spiro atoms. The highest BCUT2D eigenvalue weighted by Crippen LogP contribution is 2.28. The largest absolute Gasteiger partial charge is 0.493 e. The maximum Gasteiger partial charge on any atom is 0.331 e. The van der Waals surface area contributed by atoms with E-state index in [2.05, 4.69) is 0 Å². The lowest BCUT2D eigenvalue weighted by Crippen LogP contribution is -2.44. The smallest absolute Gasteiger partial charge is 0.331 e. The molecule has 28 heavy (non-hydrogen) atoms. The van der Waals surface area contributed by atoms with Crippen molar-refractivity contribution < 1.29 is 28.6 Å². The summed E-state index contributed by atoms with van der Waals surface area (Å²) in [6.07, 6.45) is 2.75. The molecule has 2 amide bonds. The number of carbonyl (C=O) groups excluding carboxylic acids is 3. The van der Waals surface area contributed by atoms with Crippen LogP contribution in [0.25, 0.3) is 6.08 Å². The average Bonchev–Trinajstić information content (AvgIpc) is 2.62. The molecule has 1 aromatic carbocycles. The molecule has 0 saturated heterocycles. The highest BCUT2D eigenvalue weighted by atomic mass is 16.5. The van der Waals surface area contributed by atoms with Gasteiger partial charge in [0.05, 0.1) is 7.11 Å². The maximum absolute atomic E-state index is 12.2. The fourth-order valence-electron chi connectivity index (χ4n) is 2.65. The lowest BCUT2D eigenvalue weighted by atomic mass is 10.2. The van der Waals surface area contributed by atoms with Gasteiger partial charge in [-0.1, -0.05) is 6.07 Å². The minimum absolute atomic E-state index is 0.0181. The number of hydrogen-bond donors (Lipinski definition) is 1. The number of amides is 2. The molecule has 8 nitrogen and oxygen atoms in total. The number of primary amides is 1. The molecule has 0 atom stereocenters. The normalized spacial score (nSPS) is 11.0. The molecule has 0 heterocycles. The minimum atomic E-state index is -0.631. The second kappa shape index (κ2) is 11.0. The molecule has 0 aliphatic rings. The summed E-state index contributed by atoms with van der Waals surface area (Å²) in [7, 11) is 1.45. The Bertz CT molecular complexity index is 719. The summed E-state index contributed by atoms with van der Waals surface area (Å²) in [4.78, 5) is 36.6. The Hall–Kier alpha value is -3.03. The lowest BCUT2D eigenvalue weighted by molar-refractivity contribution is -0.150. The summed E-state index contributed by atoms with van der Waals surface area (Å²) in [6, 6.07) is 4.94. The second-order valence-electron chi connectivity index (χ2n) is 6.59. The Labute approximate surface area is 165 Å². The van der Waals surface area contributed by atoms with E-state index in [4.69, 9.17) is 19.9 Å². The standard InChI is InChI=1S/C20H28N2O6/c1-13(2)22(14(3)4)19(24)12-28-20(25)9-7-15-6-8-16(17(10-15)26-5)27-11-18(21)23/h6-10,13-14H,11-12H2,1-5H3,(H2,21,23)/b9-7+. The molecule has 0 aliphatic heterocycles. The van der Waals surface area contributed by atoms with Gasteiger partial charge >= 0.3 is 5.97 Å². The lowest BCUT2D eigenvalue weighted by Gasteiger charge is -2.30. The number of rotatable bonds is 10. The van der Waals surface area contributed by atoms with E-state index < -0.39 is 11.9 Å². The van der Waals surface area contributed by atoms with Crippen LogP contribution in [0.1, 0.15) is 33.3 Å². The molecule has 0 aromatic heterocycles. The number of nitrogens with two attached hydrogens (primary N) is 1. The van der Waals surface area contributed by atoms with Gasteiger partial charge in [-0.15, -0.1) is 0 Å². The first kappa shape index (κ1) is 23.0. The van der Waals surface area contributed by atoms with E-state index in [0.29, 0.717) is 17.1 Å². The van der Waals surface area contributed by atoms with Crippen LogP contribution < -0.4 is 15.2 Å². The van der Waals surface area contributed by atoms with Crippen molar-refractivity contribution in [1.82, 2.24) is 4.90 Å². The van der Waals surface area contributed by atoms with Gasteiger partial charge in [-0.25, -0.2) is 4.79 Å². The van der Waals surface area contributed by atoms with Gasteiger partial charge < -0.3 is 24.8 Å². The van der Waals surface area contributed by atoms with Crippen molar-refractivity contribution >= 4 is 23.9 Å². The van der Waals surface area contributed by atoms with E-state index in [-0.39, 0.29) is 31.2 Å². The van der Waals surface area contributed by atoms with Crippen molar-refractivity contribution in [3.05, 3.63) is 29.8 Å². The van der Waals surface area contributed by atoms with E-state index in [1.54, 1.807) is 23.1 Å². The monoisotopic (exact) mass is 392 g/mol. The molecular weight excluding hydrogens is 364 g/mol. The third-order valence-electron chi connectivity index (χ3n) is 3.71. The summed E-state index contributed by atoms with van der Waals surface area (Å²) >= 11 is 0. The molecule has 0 aliphatic carbocycles. The zero-order valence-corrected chi connectivity index (χ0v) is 16.9. The van der Waals surface area contributed by atoms with Gasteiger partial charge in [0.15, 0.2) is 24.7 Å². The number of ether oxygens (including phenoxy) is 3. The molecule has 0 radical (unpaired) electrons. The van der Waals surface area contributed by atoms with Crippen LogP contribution in [0.4, 0.5) is 0 Å². The summed E-state index contributed by atoms with van der Waals surface area (Å²) in [5.74, 6) is -0.736. The van der Waals surface area contributed by atoms with Crippen molar-refractivity contribution in [2.24, 2.45) is 5.73 Å². The zero-order valence-electron chi connectivity index (χ0n) is 16.9. The van der Waals surface area contributed by atoms with Gasteiger partial charge in [-0.2, -0.15) is 0 Å². The number of nitrogens with zero attached hydrogens (tertiary/aromatic N) is 1. The Kier molecular flexibility index (Phi) is 9.01. The molecule has 8 heteroatoms. The molecule has 0 unspecified atom stereocenters. The Morgan fingerprint density at radius 3 is 2.25 bits per heavy atom. The van der Waals surface area contributed by atoms with Crippen molar-refractivity contribution in [2.75, 3.05) is 20.3 Å². The molecule has 1 rings (SSSR count). The first-order valence-electron chi connectivity index (χ1n) is 8.90. The predicted molar refractivity (Wildman–Crippen MR) is 105 cm³/mol. The van der Waals surface area contributed by atoms with Crippen molar-refractivity contribution in [1.29, 1.82) is 0 Å². The van der Waals surface area contributed by atoms with E-state index in [0.717, 1.165) is 0 Å². The summed E-state index contributed by atoms with van der Waals surface area (Å²) in [5, 5.41) is 0. The maximum atomic E-state index is 12.2. The van der Waals surface area contributed by atoms with Crippen LogP contribution in [0, 0.1) is 0 Å². The zero-order chi connectivity index (χ0) is 21.3. The van der Waals surface area contributed by atoms with Gasteiger partial charge in [0.2, 0.25) is 0 Å². The fraction of sp³-hybridized carbons (Fsp3) is 0.450. The number of hydrogen-bond acceptors (Lipinski definition) is 6. The Morgan fingerprint density at radius 1 is 1.07 bits per heavy atom. The van der Waals surface area contributed by atoms with Crippen molar-refractivity contribution in [3.63, 3.8) is 0 Å². The van der Waals surface area contributed by atoms with E-state index >= 15 is 0 Å². The SMILES string of the molecule is COc1cc(/C=C/C(=O)OCC(=O)N(C(C)C)C(C)C)ccc1OCC(N)=O. The fourth-order valence-corrected chi connectivity index (χ4v) is 2.65. The first-order chi connectivity index (χ1) is 13.1. The Balaban J connectivity index is 2.69. The summed E-state index contributed by atoms with van der Waals surface area (Å²) in [6.45, 7) is 7.04. The highest BCUT2D eigenvalue weighted by Gasteiger charge is 2.20. The van der Waals surface area contributed by atoms with Crippen LogP contribution in [-0.2, 0) is 19.1 Å². The molecule has 154 valence electrons. The Morgan fingerprint density at radius 2 is 1.71 bits per heavy atom. The number of methoxy groups -OCH3 is 1. The van der Waals surface area contributed by atoms with Gasteiger partial charge in [0, 0.05) is 18.2 Å². The van der Waals surface area contributed by atoms with Gasteiger partial charge in [0.25, 0.3) is 11.8 Å². The average molecular weight is 392 g/mol. The highest BCUT2D eigenvalue weighted by molar-refractivity contribution is 5.89. The quantitative estimate of drug-likeness (QED) is 0.480. The van der Waals surface area contributed by atoms with Crippen molar-refractivity contribution in [2.45, 2.75) is 39.8 Å². The first-order valence-corrected chi connectivity index (χ1v) is 8.90. The van der Waals surface area contributed by atoms with Crippen LogP contribution in [0.2, 0.25) is 0 Å². The number of benzene rings is 1. The third-order valence-corrected chi connectivity index (χ3v) is 3.71. The number of esters is 1. The van der Waals surface area contributed by atoms with Gasteiger partial charge in [-0.05, 0) is 51.5 Å². The molecule has 2 N–H and O–H groups in total. The number of carbonyl (C=O) groups is 3. The van der Waals surface area contributed by atoms with Gasteiger partial charge in [0.1, 0.15) is 0 Å². The molecule has 1 aromatic rings. The third kappa shape index (κ3) is 7.30. The topological polar surface area (TPSA) is 108 Å². The van der Waals surface area contributed by atoms with E-state index in [1.807, 2.05) is 27.7 Å². The molecule has 0 saturated carbocycles. The van der Waals surface area contributed by atoms with Crippen LogP contribution in [-0.4, -0.2) is 55.1 Å². The molecule has 0 bridgehead atoms. The van der Waals surface area contributed by atoms with Crippen LogP contribution in [0.3, 0.4) is 0 Å². The van der Waals surface area contributed by atoms with Crippen LogP contribution in [0.5, 0.6) is 11.5 Å². The van der Waals surface area contributed by atoms with Crippen molar-refractivity contribution in [3.8, 4) is 11.5 Å². The van der Waals surface area contributed by atoms with E-state index in [9.17, 15) is 14.4 Å². The van der Waals surface area contributed by atoms with Crippen LogP contribution in [0.15, 0.2) is 24.3 Å². The minimum Gasteiger partial charge on any atom is -0.493 e. The summed E-state index contributed by atoms with van der Waals surface area (Å²) in [5.41, 5.74) is 5.70. The molecule has 0 fully saturated rings. The molecular formula is C20H28N2O6. The van der Waals surface area contributed by atoms with Gasteiger partial charge in [-0.3, -0.25) is 9.59 Å². The van der Waals surface area contributed by atoms with E-state index in [1.165, 1.54) is 19.3 Å². The van der Waals surface area contributed by atoms with Crippen LogP contribution >= 0.6 is 0 Å².